The van der Waals surface area contributed by atoms with Gasteiger partial charge in [0.2, 0.25) is 0 Å². The molecule has 4 aliphatic rings. The molecule has 4 fully saturated rings. The van der Waals surface area contributed by atoms with Crippen molar-refractivity contribution in [1.29, 1.82) is 0 Å². The maximum Gasteiger partial charge on any atom is 0.397 e. The molecule has 0 spiro atoms. The van der Waals surface area contributed by atoms with E-state index in [1.54, 1.807) is 0 Å². The zero-order valence-corrected chi connectivity index (χ0v) is 20.5. The Balaban J connectivity index is 1.50. The minimum absolute atomic E-state index is 0.0341. The Morgan fingerprint density at radius 2 is 1.75 bits per heavy atom. The highest BCUT2D eigenvalue weighted by atomic mass is 32.3. The van der Waals surface area contributed by atoms with Crippen molar-refractivity contribution in [3.8, 4) is 0 Å². The first-order valence-corrected chi connectivity index (χ1v) is 13.9. The summed E-state index contributed by atoms with van der Waals surface area (Å²) < 4.78 is 34.8. The normalized spacial score (nSPS) is 49.7. The van der Waals surface area contributed by atoms with Gasteiger partial charge in [-0.2, -0.15) is 8.42 Å². The van der Waals surface area contributed by atoms with Crippen molar-refractivity contribution < 1.29 is 32.5 Å². The second kappa shape index (κ2) is 8.76. The average Bonchev–Trinajstić information content (AvgIpc) is 3.05. The van der Waals surface area contributed by atoms with Crippen LogP contribution in [0.2, 0.25) is 0 Å². The second-order valence-corrected chi connectivity index (χ2v) is 13.0. The van der Waals surface area contributed by atoms with Crippen molar-refractivity contribution in [3.05, 3.63) is 0 Å². The zero-order valence-electron chi connectivity index (χ0n) is 19.7. The highest BCUT2D eigenvalue weighted by Crippen LogP contribution is 2.68. The van der Waals surface area contributed by atoms with Crippen molar-refractivity contribution in [2.45, 2.75) is 96.9 Å². The molecule has 11 atom stereocenters. The predicted molar refractivity (Wildman–Crippen MR) is 120 cm³/mol. The van der Waals surface area contributed by atoms with Crippen molar-refractivity contribution >= 4 is 10.4 Å². The first kappa shape index (κ1) is 24.9. The Hall–Kier alpha value is -0.250. The minimum Gasteiger partial charge on any atom is -0.393 e. The molecule has 4 N–H and O–H groups in total. The van der Waals surface area contributed by atoms with Crippen LogP contribution in [0.3, 0.4) is 0 Å². The van der Waals surface area contributed by atoms with Crippen LogP contribution >= 0.6 is 0 Å². The van der Waals surface area contributed by atoms with Crippen LogP contribution in [0.1, 0.15) is 78.6 Å². The van der Waals surface area contributed by atoms with Gasteiger partial charge in [-0.15, -0.1) is 0 Å². The molecule has 0 heterocycles. The summed E-state index contributed by atoms with van der Waals surface area (Å²) in [6.07, 6.45) is 6.26. The van der Waals surface area contributed by atoms with Crippen molar-refractivity contribution in [1.82, 2.24) is 0 Å². The van der Waals surface area contributed by atoms with Gasteiger partial charge in [-0.25, -0.2) is 4.18 Å². The molecule has 2 unspecified atom stereocenters. The van der Waals surface area contributed by atoms with Gasteiger partial charge in [0, 0.05) is 0 Å². The summed E-state index contributed by atoms with van der Waals surface area (Å²) in [7, 11) is -4.40. The first-order chi connectivity index (χ1) is 14.9. The van der Waals surface area contributed by atoms with Gasteiger partial charge in [0.05, 0.1) is 24.9 Å². The second-order valence-electron chi connectivity index (χ2n) is 11.9. The lowest BCUT2D eigenvalue weighted by Gasteiger charge is -2.63. The Morgan fingerprint density at radius 3 is 2.44 bits per heavy atom. The van der Waals surface area contributed by atoms with E-state index in [0.717, 1.165) is 44.9 Å². The topological polar surface area (TPSA) is 124 Å². The van der Waals surface area contributed by atoms with Crippen molar-refractivity contribution in [3.63, 3.8) is 0 Å². The molecule has 4 rings (SSSR count). The van der Waals surface area contributed by atoms with Crippen LogP contribution in [0.5, 0.6) is 0 Å². The molecule has 0 saturated heterocycles. The Bertz CT molecular complexity index is 787. The molecule has 186 valence electrons. The maximum atomic E-state index is 11.6. The van der Waals surface area contributed by atoms with Crippen LogP contribution in [0.15, 0.2) is 0 Å². The molecule has 0 aromatic carbocycles. The van der Waals surface area contributed by atoms with Gasteiger partial charge >= 0.3 is 10.4 Å². The van der Waals surface area contributed by atoms with Gasteiger partial charge in [0.15, 0.2) is 0 Å². The van der Waals surface area contributed by atoms with E-state index < -0.39 is 16.5 Å². The molecule has 32 heavy (non-hydrogen) atoms. The van der Waals surface area contributed by atoms with Crippen molar-refractivity contribution in [2.75, 3.05) is 6.61 Å². The number of hydrogen-bond acceptors (Lipinski definition) is 6. The smallest absolute Gasteiger partial charge is 0.393 e. The van der Waals surface area contributed by atoms with Crippen LogP contribution in [-0.2, 0) is 14.6 Å². The van der Waals surface area contributed by atoms with E-state index in [-0.39, 0.29) is 53.3 Å². The van der Waals surface area contributed by atoms with Gasteiger partial charge in [-0.3, -0.25) is 4.55 Å². The van der Waals surface area contributed by atoms with Gasteiger partial charge in [0.1, 0.15) is 0 Å². The fraction of sp³-hybridized carbons (Fsp3) is 1.00. The Labute approximate surface area is 192 Å². The maximum absolute atomic E-state index is 11.6. The lowest BCUT2D eigenvalue weighted by Crippen LogP contribution is -2.62. The zero-order chi connectivity index (χ0) is 23.5. The molecule has 0 amide bonds. The van der Waals surface area contributed by atoms with Crippen LogP contribution in [0.25, 0.3) is 0 Å². The third-order valence-electron chi connectivity index (χ3n) is 10.6. The molecule has 0 radical (unpaired) electrons. The average molecular weight is 475 g/mol. The molecule has 4 aliphatic carbocycles. The molecule has 8 heteroatoms. The van der Waals surface area contributed by atoms with Gasteiger partial charge in [-0.05, 0) is 104 Å². The number of hydrogen-bond donors (Lipinski definition) is 4. The third-order valence-corrected chi connectivity index (χ3v) is 11.0. The lowest BCUT2D eigenvalue weighted by molar-refractivity contribution is -0.207. The van der Waals surface area contributed by atoms with E-state index in [4.69, 9.17) is 4.55 Å². The predicted octanol–water partition coefficient (Wildman–Crippen LogP) is 3.18. The van der Waals surface area contributed by atoms with Crippen LogP contribution in [0.4, 0.5) is 0 Å². The third kappa shape index (κ3) is 4.17. The summed E-state index contributed by atoms with van der Waals surface area (Å²) in [4.78, 5) is 0. The summed E-state index contributed by atoms with van der Waals surface area (Å²) >= 11 is 0. The first-order valence-electron chi connectivity index (χ1n) is 12.5. The van der Waals surface area contributed by atoms with Crippen LogP contribution < -0.4 is 0 Å². The fourth-order valence-electron chi connectivity index (χ4n) is 8.90. The van der Waals surface area contributed by atoms with Gasteiger partial charge < -0.3 is 15.3 Å². The molecule has 7 nitrogen and oxygen atoms in total. The highest BCUT2D eigenvalue weighted by Gasteiger charge is 2.65. The summed E-state index contributed by atoms with van der Waals surface area (Å²) in [5.74, 6) is 1.67. The van der Waals surface area contributed by atoms with Crippen LogP contribution in [0, 0.1) is 46.3 Å². The summed E-state index contributed by atoms with van der Waals surface area (Å²) in [5, 5.41) is 33.1. The molecule has 0 aromatic heterocycles. The fourth-order valence-corrected chi connectivity index (χ4v) is 9.23. The van der Waals surface area contributed by atoms with Gasteiger partial charge in [0.25, 0.3) is 0 Å². The Kier molecular flexibility index (Phi) is 6.80. The van der Waals surface area contributed by atoms with Gasteiger partial charge in [-0.1, -0.05) is 20.8 Å². The summed E-state index contributed by atoms with van der Waals surface area (Å²) in [6, 6.07) is 0. The van der Waals surface area contributed by atoms with E-state index >= 15 is 0 Å². The lowest BCUT2D eigenvalue weighted by atomic mass is 9.43. The monoisotopic (exact) mass is 474 g/mol. The molecule has 4 saturated carbocycles. The number of fused-ring (bicyclic) bond motifs is 5. The standard InChI is InChI=1S/C24H42O7S/c1-14(5-4-10-31-32(28,29)30)17-6-7-18-22-19(13-21(27)24(17,18)3)23(2)9-8-16(25)11-15(23)12-20(22)26/h14-22,25-27H,4-13H2,1-3H3,(H,28,29,30)/t14-,15+,16+,17+,18-,19-,20?,21-,22?,23-,24+/m0/s1. The largest absolute Gasteiger partial charge is 0.397 e. The SMILES string of the molecule is C[C@@H](CCCOS(=O)(=O)O)[C@H]1CC[C@H]2C3C(O)C[C@H]4C[C@H](O)CC[C@]4(C)[C@H]3C[C@H](O)[C@]12C. The number of aliphatic hydroxyl groups is 3. The van der Waals surface area contributed by atoms with E-state index in [1.807, 2.05) is 0 Å². The Morgan fingerprint density at radius 1 is 1.03 bits per heavy atom. The molecule has 0 aliphatic heterocycles. The molecular weight excluding hydrogens is 432 g/mol. The quantitative estimate of drug-likeness (QED) is 0.344. The summed E-state index contributed by atoms with van der Waals surface area (Å²) in [6.45, 7) is 6.69. The van der Waals surface area contributed by atoms with E-state index in [1.165, 1.54) is 0 Å². The van der Waals surface area contributed by atoms with E-state index in [2.05, 4.69) is 25.0 Å². The number of rotatable bonds is 6. The molecular formula is C24H42O7S. The van der Waals surface area contributed by atoms with E-state index in [0.29, 0.717) is 24.7 Å². The minimum atomic E-state index is -4.40. The van der Waals surface area contributed by atoms with Crippen molar-refractivity contribution in [2.24, 2.45) is 46.3 Å². The summed E-state index contributed by atoms with van der Waals surface area (Å²) in [5.41, 5.74) is -0.189. The van der Waals surface area contributed by atoms with Crippen LogP contribution in [-0.4, -0.2) is 53.2 Å². The number of aliphatic hydroxyl groups excluding tert-OH is 3. The van der Waals surface area contributed by atoms with E-state index in [9.17, 15) is 23.7 Å². The molecule has 0 bridgehead atoms. The molecule has 0 aromatic rings. The highest BCUT2D eigenvalue weighted by molar-refractivity contribution is 7.80.